The quantitative estimate of drug-likeness (QED) is 0.170. The topological polar surface area (TPSA) is 55.2 Å². The second-order valence-electron chi connectivity index (χ2n) is 9.08. The smallest absolute Gasteiger partial charge is 0.266 e. The van der Waals surface area contributed by atoms with Gasteiger partial charge in [-0.05, 0) is 47.4 Å². The van der Waals surface area contributed by atoms with Gasteiger partial charge in [-0.2, -0.15) is 0 Å². The van der Waals surface area contributed by atoms with E-state index in [-0.39, 0.29) is 17.2 Å². The number of carbonyl (C=O) groups is 1. The van der Waals surface area contributed by atoms with E-state index in [0.717, 1.165) is 23.2 Å². The Kier molecular flexibility index (Phi) is 8.00. The van der Waals surface area contributed by atoms with Crippen LogP contribution in [0.15, 0.2) is 119 Å². The van der Waals surface area contributed by atoms with Crippen molar-refractivity contribution in [3.8, 4) is 5.69 Å². The van der Waals surface area contributed by atoms with Crippen molar-refractivity contribution in [2.24, 2.45) is 0 Å². The molecule has 5 rings (SSSR count). The molecule has 1 aromatic heterocycles. The number of benzene rings is 4. The Balaban J connectivity index is 1.46. The minimum Gasteiger partial charge on any atom is -0.333 e. The predicted octanol–water partition coefficient (Wildman–Crippen LogP) is 6.27. The second-order valence-corrected chi connectivity index (χ2v) is 10.0. The van der Waals surface area contributed by atoms with Crippen LogP contribution in [0.3, 0.4) is 0 Å². The van der Waals surface area contributed by atoms with E-state index in [9.17, 15) is 9.59 Å². The normalized spacial score (nSPS) is 11.0. The standard InChI is InChI=1S/C32H29N3O2S/c1-2-24-17-19-27(20-18-24)35-31(37)28-15-9-10-16-29(28)33-32(35)38-23-30(36)34(21-25-11-5-3-6-12-25)22-26-13-7-4-8-14-26/h3-20H,2,21-23H2,1H3. The number of nitrogens with zero attached hydrogens (tertiary/aromatic N) is 3. The first-order chi connectivity index (χ1) is 18.6. The highest BCUT2D eigenvalue weighted by molar-refractivity contribution is 7.99. The lowest BCUT2D eigenvalue weighted by Gasteiger charge is -2.23. The van der Waals surface area contributed by atoms with Gasteiger partial charge < -0.3 is 4.90 Å². The van der Waals surface area contributed by atoms with Crippen LogP contribution in [0.5, 0.6) is 0 Å². The number of thioether (sulfide) groups is 1. The first-order valence-electron chi connectivity index (χ1n) is 12.7. The lowest BCUT2D eigenvalue weighted by atomic mass is 10.1. The highest BCUT2D eigenvalue weighted by atomic mass is 32.2. The van der Waals surface area contributed by atoms with E-state index >= 15 is 0 Å². The predicted molar refractivity (Wildman–Crippen MR) is 155 cm³/mol. The number of fused-ring (bicyclic) bond motifs is 1. The van der Waals surface area contributed by atoms with Gasteiger partial charge >= 0.3 is 0 Å². The molecule has 0 aliphatic rings. The lowest BCUT2D eigenvalue weighted by molar-refractivity contribution is -0.129. The summed E-state index contributed by atoms with van der Waals surface area (Å²) in [6.07, 6.45) is 0.917. The van der Waals surface area contributed by atoms with Crippen LogP contribution in [0.2, 0.25) is 0 Å². The van der Waals surface area contributed by atoms with Crippen molar-refractivity contribution < 1.29 is 4.79 Å². The number of aromatic nitrogens is 2. The first-order valence-corrected chi connectivity index (χ1v) is 13.7. The summed E-state index contributed by atoms with van der Waals surface area (Å²) in [6.45, 7) is 3.11. The van der Waals surface area contributed by atoms with Gasteiger partial charge in [-0.1, -0.05) is 104 Å². The Bertz CT molecular complexity index is 1540. The Morgan fingerprint density at radius 3 is 1.95 bits per heavy atom. The summed E-state index contributed by atoms with van der Waals surface area (Å²) in [6, 6.07) is 35.3. The second kappa shape index (κ2) is 11.9. The molecule has 0 unspecified atom stereocenters. The summed E-state index contributed by atoms with van der Waals surface area (Å²) in [4.78, 5) is 33.8. The molecule has 0 atom stereocenters. The van der Waals surface area contributed by atoms with Gasteiger partial charge in [0.15, 0.2) is 5.16 Å². The van der Waals surface area contributed by atoms with Crippen LogP contribution in [-0.2, 0) is 24.3 Å². The molecule has 5 aromatic rings. The average Bonchev–Trinajstić information content (AvgIpc) is 2.97. The summed E-state index contributed by atoms with van der Waals surface area (Å²) in [5.74, 6) is 0.148. The minimum atomic E-state index is -0.139. The number of hydrogen-bond donors (Lipinski definition) is 0. The maximum Gasteiger partial charge on any atom is 0.266 e. The third-order valence-corrected chi connectivity index (χ3v) is 7.38. The highest BCUT2D eigenvalue weighted by Gasteiger charge is 2.19. The van der Waals surface area contributed by atoms with Crippen molar-refractivity contribution in [2.45, 2.75) is 31.6 Å². The zero-order valence-electron chi connectivity index (χ0n) is 21.3. The number of carbonyl (C=O) groups excluding carboxylic acids is 1. The SMILES string of the molecule is CCc1ccc(-n2c(SCC(=O)N(Cc3ccccc3)Cc3ccccc3)nc3ccccc3c2=O)cc1. The molecule has 0 fully saturated rings. The van der Waals surface area contributed by atoms with Gasteiger partial charge in [-0.25, -0.2) is 4.98 Å². The molecule has 1 heterocycles. The maximum atomic E-state index is 13.6. The molecule has 0 aliphatic carbocycles. The van der Waals surface area contributed by atoms with E-state index in [4.69, 9.17) is 4.98 Å². The van der Waals surface area contributed by atoms with Crippen LogP contribution < -0.4 is 5.56 Å². The van der Waals surface area contributed by atoms with Crippen LogP contribution in [0.1, 0.15) is 23.6 Å². The fourth-order valence-corrected chi connectivity index (χ4v) is 5.29. The monoisotopic (exact) mass is 519 g/mol. The first kappa shape index (κ1) is 25.5. The van der Waals surface area contributed by atoms with E-state index in [1.54, 1.807) is 10.6 Å². The molecule has 0 spiro atoms. The lowest BCUT2D eigenvalue weighted by Crippen LogP contribution is -2.32. The molecule has 0 bridgehead atoms. The molecular formula is C32H29N3O2S. The van der Waals surface area contributed by atoms with Crippen molar-refractivity contribution in [1.29, 1.82) is 0 Å². The zero-order chi connectivity index (χ0) is 26.3. The number of amides is 1. The van der Waals surface area contributed by atoms with Crippen molar-refractivity contribution >= 4 is 28.6 Å². The van der Waals surface area contributed by atoms with Gasteiger partial charge in [0.25, 0.3) is 5.56 Å². The molecule has 0 radical (unpaired) electrons. The van der Waals surface area contributed by atoms with Crippen LogP contribution >= 0.6 is 11.8 Å². The molecule has 5 nitrogen and oxygen atoms in total. The largest absolute Gasteiger partial charge is 0.333 e. The summed E-state index contributed by atoms with van der Waals surface area (Å²) in [7, 11) is 0. The molecule has 6 heteroatoms. The van der Waals surface area contributed by atoms with E-state index in [0.29, 0.717) is 29.1 Å². The number of para-hydroxylation sites is 1. The molecule has 0 aliphatic heterocycles. The molecular weight excluding hydrogens is 490 g/mol. The summed E-state index contributed by atoms with van der Waals surface area (Å²) in [5.41, 5.74) is 4.56. The van der Waals surface area contributed by atoms with Gasteiger partial charge in [0.05, 0.1) is 22.3 Å². The maximum absolute atomic E-state index is 13.6. The van der Waals surface area contributed by atoms with Crippen molar-refractivity contribution in [3.63, 3.8) is 0 Å². The summed E-state index contributed by atoms with van der Waals surface area (Å²) < 4.78 is 1.62. The van der Waals surface area contributed by atoms with Crippen molar-refractivity contribution in [1.82, 2.24) is 14.5 Å². The third-order valence-electron chi connectivity index (χ3n) is 6.46. The van der Waals surface area contributed by atoms with E-state index < -0.39 is 0 Å². The number of aryl methyl sites for hydroxylation is 1. The summed E-state index contributed by atoms with van der Waals surface area (Å²) >= 11 is 1.30. The molecule has 0 saturated heterocycles. The van der Waals surface area contributed by atoms with Crippen LogP contribution in [0.25, 0.3) is 16.6 Å². The zero-order valence-corrected chi connectivity index (χ0v) is 22.1. The number of rotatable bonds is 9. The van der Waals surface area contributed by atoms with Gasteiger partial charge in [0, 0.05) is 13.1 Å². The van der Waals surface area contributed by atoms with Crippen LogP contribution in [0, 0.1) is 0 Å². The van der Waals surface area contributed by atoms with Gasteiger partial charge in [-0.3, -0.25) is 14.2 Å². The molecule has 4 aromatic carbocycles. The fraction of sp³-hybridized carbons (Fsp3) is 0.156. The Hall–Kier alpha value is -4.16. The summed E-state index contributed by atoms with van der Waals surface area (Å²) in [5, 5.41) is 1.06. The van der Waals surface area contributed by atoms with E-state index in [2.05, 4.69) is 6.92 Å². The minimum absolute atomic E-state index is 0.0157. The number of hydrogen-bond acceptors (Lipinski definition) is 4. The van der Waals surface area contributed by atoms with E-state index in [1.165, 1.54) is 17.3 Å². The Labute approximate surface area is 226 Å². The molecule has 0 N–H and O–H groups in total. The molecule has 38 heavy (non-hydrogen) atoms. The van der Waals surface area contributed by atoms with Crippen molar-refractivity contribution in [2.75, 3.05) is 5.75 Å². The molecule has 190 valence electrons. The molecule has 0 saturated carbocycles. The Morgan fingerprint density at radius 2 is 1.34 bits per heavy atom. The Morgan fingerprint density at radius 1 is 0.763 bits per heavy atom. The fourth-order valence-electron chi connectivity index (χ4n) is 4.38. The average molecular weight is 520 g/mol. The van der Waals surface area contributed by atoms with Crippen LogP contribution in [0.4, 0.5) is 0 Å². The van der Waals surface area contributed by atoms with Crippen LogP contribution in [-0.4, -0.2) is 26.1 Å². The molecule has 1 amide bonds. The van der Waals surface area contributed by atoms with Gasteiger partial charge in [-0.15, -0.1) is 0 Å². The van der Waals surface area contributed by atoms with Gasteiger partial charge in [0.2, 0.25) is 5.91 Å². The highest BCUT2D eigenvalue weighted by Crippen LogP contribution is 2.23. The third kappa shape index (κ3) is 5.87. The van der Waals surface area contributed by atoms with Crippen molar-refractivity contribution in [3.05, 3.63) is 136 Å². The van der Waals surface area contributed by atoms with Gasteiger partial charge in [0.1, 0.15) is 0 Å². The van der Waals surface area contributed by atoms with E-state index in [1.807, 2.05) is 108 Å².